The van der Waals surface area contributed by atoms with Crippen LogP contribution in [0.15, 0.2) is 101 Å². The van der Waals surface area contributed by atoms with Gasteiger partial charge >= 0.3 is 0 Å². The lowest BCUT2D eigenvalue weighted by Gasteiger charge is -2.16. The van der Waals surface area contributed by atoms with Gasteiger partial charge in [-0.2, -0.15) is 0 Å². The number of thioether (sulfide) groups is 1. The molecule has 0 aliphatic carbocycles. The number of thiophene rings is 1. The molecule has 1 fully saturated rings. The van der Waals surface area contributed by atoms with Crippen LogP contribution >= 0.6 is 23.1 Å². The lowest BCUT2D eigenvalue weighted by Crippen LogP contribution is -2.31. The van der Waals surface area contributed by atoms with Crippen molar-refractivity contribution in [3.8, 4) is 0 Å². The van der Waals surface area contributed by atoms with Crippen molar-refractivity contribution in [1.82, 2.24) is 5.32 Å². The SMILES string of the molecule is Cc1ccc(N2C(=O)CC(Sc3cccc(NC(=O)/C(=C\c4cccs4)NC(=O)c4ccccc4)c3)C2=O)cc1C. The lowest BCUT2D eigenvalue weighted by atomic mass is 10.1. The minimum Gasteiger partial charge on any atom is -0.321 e. The molecule has 0 radical (unpaired) electrons. The fourth-order valence-corrected chi connectivity index (χ4v) is 6.07. The zero-order valence-corrected chi connectivity index (χ0v) is 24.1. The molecule has 4 amide bonds. The zero-order valence-electron chi connectivity index (χ0n) is 22.4. The number of rotatable bonds is 8. The summed E-state index contributed by atoms with van der Waals surface area (Å²) in [6, 6.07) is 25.0. The van der Waals surface area contributed by atoms with E-state index in [4.69, 9.17) is 0 Å². The molecule has 1 saturated heterocycles. The van der Waals surface area contributed by atoms with Crippen LogP contribution in [0.3, 0.4) is 0 Å². The van der Waals surface area contributed by atoms with Crippen molar-refractivity contribution in [2.75, 3.05) is 10.2 Å². The van der Waals surface area contributed by atoms with Gasteiger partial charge in [0, 0.05) is 27.4 Å². The summed E-state index contributed by atoms with van der Waals surface area (Å²) in [7, 11) is 0. The largest absolute Gasteiger partial charge is 0.321 e. The van der Waals surface area contributed by atoms with Crippen LogP contribution < -0.4 is 15.5 Å². The Hall–Kier alpha value is -4.47. The number of imide groups is 1. The molecule has 9 heteroatoms. The van der Waals surface area contributed by atoms with E-state index in [0.717, 1.165) is 20.9 Å². The highest BCUT2D eigenvalue weighted by Crippen LogP contribution is 2.35. The van der Waals surface area contributed by atoms with Crippen LogP contribution in [0.1, 0.15) is 32.8 Å². The second-order valence-corrected chi connectivity index (χ2v) is 11.8. The summed E-state index contributed by atoms with van der Waals surface area (Å²) in [6.07, 6.45) is 1.72. The maximum atomic E-state index is 13.3. The summed E-state index contributed by atoms with van der Waals surface area (Å²) in [4.78, 5) is 54.9. The molecule has 0 spiro atoms. The van der Waals surface area contributed by atoms with E-state index < -0.39 is 17.1 Å². The van der Waals surface area contributed by atoms with E-state index in [9.17, 15) is 19.2 Å². The Kier molecular flexibility index (Phi) is 8.47. The number of carbonyl (C=O) groups is 4. The van der Waals surface area contributed by atoms with Crippen LogP contribution in [0, 0.1) is 13.8 Å². The molecule has 5 rings (SSSR count). The first-order valence-corrected chi connectivity index (χ1v) is 14.7. The second kappa shape index (κ2) is 12.4. The first-order chi connectivity index (χ1) is 19.8. The summed E-state index contributed by atoms with van der Waals surface area (Å²) in [6.45, 7) is 3.93. The van der Waals surface area contributed by atoms with Gasteiger partial charge < -0.3 is 10.6 Å². The summed E-state index contributed by atoms with van der Waals surface area (Å²) in [5.41, 5.74) is 3.70. The molecule has 2 N–H and O–H groups in total. The number of nitrogens with zero attached hydrogens (tertiary/aromatic N) is 1. The van der Waals surface area contributed by atoms with Crippen LogP contribution in [0.5, 0.6) is 0 Å². The number of amides is 4. The van der Waals surface area contributed by atoms with Crippen molar-refractivity contribution in [2.45, 2.75) is 30.4 Å². The van der Waals surface area contributed by atoms with Crippen molar-refractivity contribution in [3.63, 3.8) is 0 Å². The smallest absolute Gasteiger partial charge is 0.272 e. The Labute approximate surface area is 246 Å². The lowest BCUT2D eigenvalue weighted by molar-refractivity contribution is -0.121. The normalized spacial score (nSPS) is 15.2. The quantitative estimate of drug-likeness (QED) is 0.191. The molecule has 3 aromatic carbocycles. The Bertz CT molecular complexity index is 1650. The van der Waals surface area contributed by atoms with Gasteiger partial charge in [-0.1, -0.05) is 36.4 Å². The van der Waals surface area contributed by atoms with Crippen LogP contribution in [-0.2, 0) is 14.4 Å². The van der Waals surface area contributed by atoms with Gasteiger partial charge in [0.25, 0.3) is 11.8 Å². The van der Waals surface area contributed by atoms with E-state index >= 15 is 0 Å². The number of hydrogen-bond acceptors (Lipinski definition) is 6. The standard InChI is InChI=1S/C32H27N3O4S2/c1-20-13-14-24(16-21(20)2)35-29(36)19-28(32(35)39)41-26-11-6-10-23(17-26)33-31(38)27(18-25-12-7-15-40-25)34-30(37)22-8-4-3-5-9-22/h3-18,28H,19H2,1-2H3,(H,33,38)(H,34,37)/b27-18+. The molecule has 1 aliphatic rings. The van der Waals surface area contributed by atoms with E-state index in [1.54, 1.807) is 54.6 Å². The van der Waals surface area contributed by atoms with Crippen LogP contribution in [0.25, 0.3) is 6.08 Å². The molecule has 1 unspecified atom stereocenters. The maximum absolute atomic E-state index is 13.3. The third kappa shape index (κ3) is 6.65. The van der Waals surface area contributed by atoms with Crippen molar-refractivity contribution >= 4 is 64.2 Å². The molecule has 0 bridgehead atoms. The van der Waals surface area contributed by atoms with Gasteiger partial charge in [-0.15, -0.1) is 23.1 Å². The molecule has 1 aromatic heterocycles. The Morgan fingerprint density at radius 1 is 0.927 bits per heavy atom. The molecular weight excluding hydrogens is 555 g/mol. The van der Waals surface area contributed by atoms with Gasteiger partial charge in [-0.3, -0.25) is 19.2 Å². The van der Waals surface area contributed by atoms with Crippen molar-refractivity contribution in [1.29, 1.82) is 0 Å². The number of aryl methyl sites for hydroxylation is 2. The summed E-state index contributed by atoms with van der Waals surface area (Å²) >= 11 is 2.73. The fourth-order valence-electron chi connectivity index (χ4n) is 4.30. The Morgan fingerprint density at radius 2 is 1.73 bits per heavy atom. The minimum atomic E-state index is -0.575. The van der Waals surface area contributed by atoms with E-state index in [2.05, 4.69) is 10.6 Å². The molecule has 7 nitrogen and oxygen atoms in total. The van der Waals surface area contributed by atoms with Gasteiger partial charge in [-0.25, -0.2) is 4.90 Å². The van der Waals surface area contributed by atoms with E-state index in [0.29, 0.717) is 16.9 Å². The number of benzene rings is 3. The third-order valence-electron chi connectivity index (χ3n) is 6.58. The van der Waals surface area contributed by atoms with Crippen LogP contribution in [0.2, 0.25) is 0 Å². The third-order valence-corrected chi connectivity index (χ3v) is 8.58. The van der Waals surface area contributed by atoms with E-state index in [-0.39, 0.29) is 23.9 Å². The summed E-state index contributed by atoms with van der Waals surface area (Å²) in [5, 5.41) is 6.89. The van der Waals surface area contributed by atoms with Gasteiger partial charge in [-0.05, 0) is 85.0 Å². The van der Waals surface area contributed by atoms with E-state index in [1.807, 2.05) is 55.6 Å². The molecule has 2 heterocycles. The number of anilines is 2. The number of hydrogen-bond donors (Lipinski definition) is 2. The number of carbonyl (C=O) groups excluding carboxylic acids is 4. The average Bonchev–Trinajstić information content (AvgIpc) is 3.57. The molecule has 1 atom stereocenters. The number of nitrogens with one attached hydrogen (secondary N) is 2. The molecular formula is C32H27N3O4S2. The Balaban J connectivity index is 1.30. The molecule has 206 valence electrons. The predicted octanol–water partition coefficient (Wildman–Crippen LogP) is 6.20. The first kappa shape index (κ1) is 28.1. The fraction of sp³-hybridized carbons (Fsp3) is 0.125. The highest BCUT2D eigenvalue weighted by atomic mass is 32.2. The second-order valence-electron chi connectivity index (χ2n) is 9.52. The van der Waals surface area contributed by atoms with Crippen molar-refractivity contribution in [3.05, 3.63) is 118 Å². The maximum Gasteiger partial charge on any atom is 0.272 e. The molecule has 4 aromatic rings. The minimum absolute atomic E-state index is 0.0895. The molecule has 1 aliphatic heterocycles. The summed E-state index contributed by atoms with van der Waals surface area (Å²) in [5.74, 6) is -1.39. The van der Waals surface area contributed by atoms with E-state index in [1.165, 1.54) is 28.0 Å². The molecule has 0 saturated carbocycles. The topological polar surface area (TPSA) is 95.6 Å². The van der Waals surface area contributed by atoms with Gasteiger partial charge in [0.2, 0.25) is 11.8 Å². The molecule has 41 heavy (non-hydrogen) atoms. The first-order valence-electron chi connectivity index (χ1n) is 12.9. The van der Waals surface area contributed by atoms with Crippen LogP contribution in [-0.4, -0.2) is 28.9 Å². The predicted molar refractivity (Wildman–Crippen MR) is 164 cm³/mol. The van der Waals surface area contributed by atoms with Crippen molar-refractivity contribution < 1.29 is 19.2 Å². The summed E-state index contributed by atoms with van der Waals surface area (Å²) < 4.78 is 0. The van der Waals surface area contributed by atoms with Crippen LogP contribution in [0.4, 0.5) is 11.4 Å². The average molecular weight is 582 g/mol. The van der Waals surface area contributed by atoms with Gasteiger partial charge in [0.05, 0.1) is 10.9 Å². The Morgan fingerprint density at radius 3 is 2.46 bits per heavy atom. The van der Waals surface area contributed by atoms with Gasteiger partial charge in [0.15, 0.2) is 0 Å². The highest BCUT2D eigenvalue weighted by molar-refractivity contribution is 8.00. The zero-order chi connectivity index (χ0) is 28.9. The highest BCUT2D eigenvalue weighted by Gasteiger charge is 2.40. The monoisotopic (exact) mass is 581 g/mol. The van der Waals surface area contributed by atoms with Gasteiger partial charge in [0.1, 0.15) is 5.70 Å². The van der Waals surface area contributed by atoms with Crippen molar-refractivity contribution in [2.24, 2.45) is 0 Å².